The fourth-order valence-corrected chi connectivity index (χ4v) is 3.48. The highest BCUT2D eigenvalue weighted by Gasteiger charge is 2.30. The molecule has 1 aromatic carbocycles. The van der Waals surface area contributed by atoms with Crippen molar-refractivity contribution in [3.63, 3.8) is 0 Å². The Balaban J connectivity index is 2.38. The summed E-state index contributed by atoms with van der Waals surface area (Å²) < 4.78 is 0. The predicted molar refractivity (Wildman–Crippen MR) is 74.3 cm³/mol. The molecule has 3 rings (SSSR count). The van der Waals surface area contributed by atoms with Gasteiger partial charge in [0.2, 0.25) is 0 Å². The lowest BCUT2D eigenvalue weighted by Gasteiger charge is -2.29. The molecule has 0 unspecified atom stereocenters. The highest BCUT2D eigenvalue weighted by Crippen LogP contribution is 2.42. The molecule has 0 fully saturated rings. The average molecular weight is 268 g/mol. The van der Waals surface area contributed by atoms with E-state index in [1.54, 1.807) is 6.07 Å². The van der Waals surface area contributed by atoms with Crippen molar-refractivity contribution in [1.29, 1.82) is 0 Å². The quantitative estimate of drug-likeness (QED) is 0.685. The molecule has 0 radical (unpaired) electrons. The molecular formula is C14H15Cl2N. The lowest BCUT2D eigenvalue weighted by Crippen LogP contribution is -2.23. The van der Waals surface area contributed by atoms with Gasteiger partial charge >= 0.3 is 0 Å². The third-order valence-electron chi connectivity index (χ3n) is 3.84. The van der Waals surface area contributed by atoms with Crippen molar-refractivity contribution in [1.82, 2.24) is 4.98 Å². The first-order valence-electron chi connectivity index (χ1n) is 5.99. The van der Waals surface area contributed by atoms with Crippen LogP contribution in [-0.4, -0.2) is 4.98 Å². The number of rotatable bonds is 0. The van der Waals surface area contributed by atoms with Gasteiger partial charge in [0.05, 0.1) is 10.5 Å². The van der Waals surface area contributed by atoms with E-state index in [9.17, 15) is 0 Å². The molecule has 1 aromatic heterocycles. The second-order valence-electron chi connectivity index (χ2n) is 5.53. The summed E-state index contributed by atoms with van der Waals surface area (Å²) in [5.74, 6) is 0. The monoisotopic (exact) mass is 267 g/mol. The summed E-state index contributed by atoms with van der Waals surface area (Å²) in [6.45, 7) is 4.58. The zero-order chi connectivity index (χ0) is 12.2. The molecular weight excluding hydrogens is 253 g/mol. The topological polar surface area (TPSA) is 15.8 Å². The van der Waals surface area contributed by atoms with Gasteiger partial charge in [-0.2, -0.15) is 0 Å². The number of aryl methyl sites for hydroxylation is 1. The van der Waals surface area contributed by atoms with Crippen molar-refractivity contribution >= 4 is 34.1 Å². The van der Waals surface area contributed by atoms with Gasteiger partial charge in [0.25, 0.3) is 0 Å². The molecule has 1 heterocycles. The van der Waals surface area contributed by atoms with Crippen LogP contribution < -0.4 is 0 Å². The molecule has 0 bridgehead atoms. The van der Waals surface area contributed by atoms with Gasteiger partial charge in [-0.05, 0) is 37.0 Å². The van der Waals surface area contributed by atoms with Gasteiger partial charge in [0.15, 0.2) is 0 Å². The molecule has 1 aliphatic carbocycles. The van der Waals surface area contributed by atoms with Crippen LogP contribution >= 0.6 is 23.2 Å². The van der Waals surface area contributed by atoms with Gasteiger partial charge in [0.1, 0.15) is 0 Å². The molecule has 17 heavy (non-hydrogen) atoms. The lowest BCUT2D eigenvalue weighted by molar-refractivity contribution is 0.423. The van der Waals surface area contributed by atoms with Crippen LogP contribution in [0.1, 0.15) is 37.9 Å². The summed E-state index contributed by atoms with van der Waals surface area (Å²) in [5, 5.41) is 2.63. The molecule has 0 spiro atoms. The summed E-state index contributed by atoms with van der Waals surface area (Å²) in [4.78, 5) is 3.51. The molecule has 2 aromatic rings. The van der Waals surface area contributed by atoms with Gasteiger partial charge in [-0.1, -0.05) is 37.0 Å². The van der Waals surface area contributed by atoms with Crippen LogP contribution in [0.4, 0.5) is 0 Å². The Hall–Kier alpha value is -0.660. The van der Waals surface area contributed by atoms with Crippen molar-refractivity contribution in [3.05, 3.63) is 33.4 Å². The number of nitrogens with one attached hydrogen (secondary N) is 1. The van der Waals surface area contributed by atoms with Gasteiger partial charge in [0, 0.05) is 21.5 Å². The predicted octanol–water partition coefficient (Wildman–Crippen LogP) is 5.09. The van der Waals surface area contributed by atoms with E-state index in [1.165, 1.54) is 29.5 Å². The molecule has 1 N–H and O–H groups in total. The van der Waals surface area contributed by atoms with E-state index >= 15 is 0 Å². The summed E-state index contributed by atoms with van der Waals surface area (Å²) in [5.41, 5.74) is 3.99. The zero-order valence-electron chi connectivity index (χ0n) is 10.0. The van der Waals surface area contributed by atoms with Crippen LogP contribution in [0, 0.1) is 0 Å². The summed E-state index contributed by atoms with van der Waals surface area (Å²) >= 11 is 12.4. The third kappa shape index (κ3) is 1.68. The normalized spacial score (nSPS) is 18.4. The van der Waals surface area contributed by atoms with E-state index < -0.39 is 0 Å². The molecule has 0 atom stereocenters. The van der Waals surface area contributed by atoms with E-state index in [0.717, 1.165) is 17.0 Å². The number of H-pyrrole nitrogens is 1. The first kappa shape index (κ1) is 11.4. The minimum Gasteiger partial charge on any atom is -0.356 e. The summed E-state index contributed by atoms with van der Waals surface area (Å²) in [6, 6.07) is 3.83. The Morgan fingerprint density at radius 2 is 2.00 bits per heavy atom. The molecule has 0 saturated heterocycles. The maximum atomic E-state index is 6.26. The van der Waals surface area contributed by atoms with Crippen LogP contribution in [0.15, 0.2) is 12.1 Å². The van der Waals surface area contributed by atoms with Crippen LogP contribution in [-0.2, 0) is 11.8 Å². The number of benzene rings is 1. The first-order chi connectivity index (χ1) is 7.99. The Morgan fingerprint density at radius 1 is 1.24 bits per heavy atom. The van der Waals surface area contributed by atoms with Gasteiger partial charge in [-0.3, -0.25) is 0 Å². The number of hydrogen-bond donors (Lipinski definition) is 1. The van der Waals surface area contributed by atoms with Gasteiger partial charge in [-0.15, -0.1) is 0 Å². The highest BCUT2D eigenvalue weighted by molar-refractivity contribution is 6.38. The van der Waals surface area contributed by atoms with Crippen LogP contribution in [0.25, 0.3) is 10.9 Å². The zero-order valence-corrected chi connectivity index (χ0v) is 11.5. The Bertz CT molecular complexity index is 596. The third-order valence-corrected chi connectivity index (χ3v) is 4.35. The number of aromatic amines is 1. The second-order valence-corrected chi connectivity index (χ2v) is 6.37. The molecule has 3 heteroatoms. The van der Waals surface area contributed by atoms with E-state index in [1.807, 2.05) is 6.07 Å². The number of hydrogen-bond acceptors (Lipinski definition) is 0. The van der Waals surface area contributed by atoms with Crippen molar-refractivity contribution in [2.75, 3.05) is 0 Å². The van der Waals surface area contributed by atoms with E-state index in [0.29, 0.717) is 5.02 Å². The van der Waals surface area contributed by atoms with Crippen molar-refractivity contribution < 1.29 is 0 Å². The fourth-order valence-electron chi connectivity index (χ4n) is 2.94. The van der Waals surface area contributed by atoms with Crippen LogP contribution in [0.3, 0.4) is 0 Å². The number of fused-ring (bicyclic) bond motifs is 3. The SMILES string of the molecule is CC1(C)CCCc2c1[nH]c1c(Cl)cc(Cl)cc21. The number of halogens is 2. The van der Waals surface area contributed by atoms with Crippen molar-refractivity contribution in [3.8, 4) is 0 Å². The molecule has 1 nitrogen and oxygen atoms in total. The lowest BCUT2D eigenvalue weighted by atomic mass is 9.76. The van der Waals surface area contributed by atoms with E-state index in [2.05, 4.69) is 18.8 Å². The molecule has 0 saturated carbocycles. The summed E-state index contributed by atoms with van der Waals surface area (Å²) in [7, 11) is 0. The van der Waals surface area contributed by atoms with Crippen LogP contribution in [0.5, 0.6) is 0 Å². The van der Waals surface area contributed by atoms with Gasteiger partial charge in [-0.25, -0.2) is 0 Å². The Labute approximate surface area is 111 Å². The maximum Gasteiger partial charge on any atom is 0.0662 e. The smallest absolute Gasteiger partial charge is 0.0662 e. The van der Waals surface area contributed by atoms with Crippen molar-refractivity contribution in [2.24, 2.45) is 0 Å². The standard InChI is InChI=1S/C14H15Cl2N/c1-14(2)5-3-4-9-10-6-8(15)7-11(16)12(10)17-13(9)14/h6-7,17H,3-5H2,1-2H3. The molecule has 0 amide bonds. The van der Waals surface area contributed by atoms with Crippen LogP contribution in [0.2, 0.25) is 10.0 Å². The minimum atomic E-state index is 0.211. The molecule has 90 valence electrons. The highest BCUT2D eigenvalue weighted by atomic mass is 35.5. The second kappa shape index (κ2) is 3.66. The molecule has 0 aliphatic heterocycles. The Morgan fingerprint density at radius 3 is 2.76 bits per heavy atom. The Kier molecular flexibility index (Phi) is 2.46. The average Bonchev–Trinajstić information content (AvgIpc) is 2.58. The van der Waals surface area contributed by atoms with E-state index in [4.69, 9.17) is 23.2 Å². The largest absolute Gasteiger partial charge is 0.356 e. The van der Waals surface area contributed by atoms with E-state index in [-0.39, 0.29) is 5.41 Å². The first-order valence-corrected chi connectivity index (χ1v) is 6.75. The summed E-state index contributed by atoms with van der Waals surface area (Å²) in [6.07, 6.45) is 3.57. The minimum absolute atomic E-state index is 0.211. The van der Waals surface area contributed by atoms with Crippen molar-refractivity contribution in [2.45, 2.75) is 38.5 Å². The van der Waals surface area contributed by atoms with Gasteiger partial charge < -0.3 is 4.98 Å². The fraction of sp³-hybridized carbons (Fsp3) is 0.429. The molecule has 1 aliphatic rings. The maximum absolute atomic E-state index is 6.26. The number of aromatic nitrogens is 1.